The number of epoxide rings is 1. The summed E-state index contributed by atoms with van der Waals surface area (Å²) in [5.74, 6) is 0.840. The maximum Gasteiger partial charge on any atom is 0.193 e. The van der Waals surface area contributed by atoms with Crippen LogP contribution in [0.25, 0.3) is 0 Å². The van der Waals surface area contributed by atoms with Gasteiger partial charge < -0.3 is 9.16 Å². The van der Waals surface area contributed by atoms with Gasteiger partial charge in [-0.25, -0.2) is 0 Å². The number of ether oxygens (including phenoxy) is 1. The van der Waals surface area contributed by atoms with E-state index in [2.05, 4.69) is 47.7 Å². The molecule has 0 aromatic heterocycles. The lowest BCUT2D eigenvalue weighted by Crippen LogP contribution is -2.63. The number of rotatable bonds is 3. The van der Waals surface area contributed by atoms with Crippen molar-refractivity contribution in [3.05, 3.63) is 0 Å². The van der Waals surface area contributed by atoms with Gasteiger partial charge in [-0.3, -0.25) is 0 Å². The fourth-order valence-corrected chi connectivity index (χ4v) is 6.87. The molecular formula is C19H36O2Si. The lowest BCUT2D eigenvalue weighted by atomic mass is 9.60. The summed E-state index contributed by atoms with van der Waals surface area (Å²) in [6, 6.07) is 0. The second-order valence-corrected chi connectivity index (χ2v) is 14.8. The van der Waals surface area contributed by atoms with Gasteiger partial charge in [0.05, 0.1) is 12.2 Å². The first-order chi connectivity index (χ1) is 9.98. The molecule has 3 aliphatic rings. The topological polar surface area (TPSA) is 21.8 Å². The largest absolute Gasteiger partial charge is 0.408 e. The molecule has 22 heavy (non-hydrogen) atoms. The Morgan fingerprint density at radius 2 is 1.68 bits per heavy atom. The molecule has 0 aromatic carbocycles. The van der Waals surface area contributed by atoms with Crippen LogP contribution < -0.4 is 0 Å². The van der Waals surface area contributed by atoms with Crippen LogP contribution in [-0.2, 0) is 9.16 Å². The monoisotopic (exact) mass is 324 g/mol. The zero-order chi connectivity index (χ0) is 16.4. The van der Waals surface area contributed by atoms with Crippen LogP contribution >= 0.6 is 0 Å². The van der Waals surface area contributed by atoms with E-state index in [9.17, 15) is 0 Å². The minimum Gasteiger partial charge on any atom is -0.408 e. The second kappa shape index (κ2) is 4.83. The number of hydrogen-bond donors (Lipinski definition) is 0. The third-order valence-corrected chi connectivity index (χ3v) is 12.3. The maximum absolute atomic E-state index is 7.26. The molecule has 4 atom stereocenters. The molecule has 3 rings (SSSR count). The van der Waals surface area contributed by atoms with Gasteiger partial charge in [-0.2, -0.15) is 0 Å². The Balaban J connectivity index is 2.01. The molecular weight excluding hydrogens is 288 g/mol. The zero-order valence-electron chi connectivity index (χ0n) is 15.8. The molecule has 4 unspecified atom stereocenters. The van der Waals surface area contributed by atoms with E-state index in [0.717, 1.165) is 12.5 Å². The fraction of sp³-hybridized carbons (Fsp3) is 1.00. The average molecular weight is 325 g/mol. The minimum absolute atomic E-state index is 0.0383. The summed E-state index contributed by atoms with van der Waals surface area (Å²) in [5, 5.41) is 0.258. The Labute approximate surface area is 138 Å². The predicted molar refractivity (Wildman–Crippen MR) is 94.7 cm³/mol. The van der Waals surface area contributed by atoms with Crippen molar-refractivity contribution >= 4 is 8.32 Å². The third-order valence-electron chi connectivity index (χ3n) is 7.83. The van der Waals surface area contributed by atoms with Gasteiger partial charge in [-0.1, -0.05) is 40.5 Å². The normalized spacial score (nSPS) is 45.7. The first-order valence-corrected chi connectivity index (χ1v) is 12.2. The van der Waals surface area contributed by atoms with Crippen LogP contribution in [0.15, 0.2) is 0 Å². The Bertz CT molecular complexity index is 449. The summed E-state index contributed by atoms with van der Waals surface area (Å²) >= 11 is 0. The van der Waals surface area contributed by atoms with Crippen molar-refractivity contribution in [3.63, 3.8) is 0 Å². The van der Waals surface area contributed by atoms with Crippen LogP contribution in [0, 0.1) is 11.3 Å². The van der Waals surface area contributed by atoms with Crippen LogP contribution in [0.3, 0.4) is 0 Å². The van der Waals surface area contributed by atoms with Crippen molar-refractivity contribution in [3.8, 4) is 0 Å². The van der Waals surface area contributed by atoms with Gasteiger partial charge in [-0.05, 0) is 56.7 Å². The molecule has 128 valence electrons. The van der Waals surface area contributed by atoms with Crippen LogP contribution in [0.2, 0.25) is 18.1 Å². The zero-order valence-corrected chi connectivity index (χ0v) is 16.8. The van der Waals surface area contributed by atoms with Gasteiger partial charge in [0.15, 0.2) is 8.32 Å². The van der Waals surface area contributed by atoms with E-state index >= 15 is 0 Å². The van der Waals surface area contributed by atoms with E-state index in [-0.39, 0.29) is 16.2 Å². The number of hydrogen-bond acceptors (Lipinski definition) is 2. The SMILES string of the molecule is CC1(C2(O[Si](C)(C)C(C)(C)C)CCC3CCCCC32C)CO1. The smallest absolute Gasteiger partial charge is 0.193 e. The molecule has 2 aliphatic carbocycles. The molecule has 3 fully saturated rings. The van der Waals surface area contributed by atoms with Gasteiger partial charge in [0, 0.05) is 5.41 Å². The Hall–Kier alpha value is 0.137. The molecule has 0 spiro atoms. The summed E-state index contributed by atoms with van der Waals surface area (Å²) in [6.45, 7) is 17.7. The van der Waals surface area contributed by atoms with E-state index in [4.69, 9.17) is 9.16 Å². The highest BCUT2D eigenvalue weighted by Gasteiger charge is 2.72. The summed E-state index contributed by atoms with van der Waals surface area (Å²) in [5.41, 5.74) is 0.226. The fourth-order valence-electron chi connectivity index (χ4n) is 5.14. The van der Waals surface area contributed by atoms with Gasteiger partial charge in [0.25, 0.3) is 0 Å². The molecule has 3 heteroatoms. The highest BCUT2D eigenvalue weighted by Crippen LogP contribution is 2.67. The maximum atomic E-state index is 7.26. The predicted octanol–water partition coefficient (Wildman–Crippen LogP) is 5.53. The summed E-state index contributed by atoms with van der Waals surface area (Å²) < 4.78 is 13.3. The van der Waals surface area contributed by atoms with E-state index in [1.165, 1.54) is 38.5 Å². The molecule has 0 aromatic rings. The second-order valence-electron chi connectivity index (χ2n) is 10.1. The van der Waals surface area contributed by atoms with E-state index in [1.54, 1.807) is 0 Å². The lowest BCUT2D eigenvalue weighted by molar-refractivity contribution is -0.118. The van der Waals surface area contributed by atoms with Gasteiger partial charge in [-0.15, -0.1) is 0 Å². The van der Waals surface area contributed by atoms with Crippen molar-refractivity contribution in [1.29, 1.82) is 0 Å². The first kappa shape index (κ1) is 17.0. The Morgan fingerprint density at radius 3 is 2.23 bits per heavy atom. The summed E-state index contributed by atoms with van der Waals surface area (Å²) in [4.78, 5) is 0. The Kier molecular flexibility index (Phi) is 3.72. The molecule has 0 amide bonds. The molecule has 2 saturated carbocycles. The highest BCUT2D eigenvalue weighted by molar-refractivity contribution is 6.74. The van der Waals surface area contributed by atoms with Crippen LogP contribution in [-0.4, -0.2) is 26.1 Å². The van der Waals surface area contributed by atoms with Crippen LogP contribution in [0.1, 0.15) is 73.1 Å². The van der Waals surface area contributed by atoms with Crippen molar-refractivity contribution in [2.45, 2.75) is 102 Å². The number of fused-ring (bicyclic) bond motifs is 1. The molecule has 0 bridgehead atoms. The molecule has 1 aliphatic heterocycles. The van der Waals surface area contributed by atoms with Gasteiger partial charge in [0.1, 0.15) is 5.60 Å². The van der Waals surface area contributed by atoms with E-state index in [1.807, 2.05) is 0 Å². The first-order valence-electron chi connectivity index (χ1n) is 9.32. The van der Waals surface area contributed by atoms with Crippen molar-refractivity contribution in [1.82, 2.24) is 0 Å². The van der Waals surface area contributed by atoms with E-state index in [0.29, 0.717) is 5.41 Å². The molecule has 0 radical (unpaired) electrons. The third kappa shape index (κ3) is 2.18. The van der Waals surface area contributed by atoms with Crippen LogP contribution in [0.4, 0.5) is 0 Å². The standard InChI is InChI=1S/C19H36O2Si/c1-16(2,3)22(6,7)21-19(18(5)14-20-18)13-11-15-10-8-9-12-17(15,19)4/h15H,8-14H2,1-7H3. The summed E-state index contributed by atoms with van der Waals surface area (Å²) in [6.07, 6.45) is 8.04. The highest BCUT2D eigenvalue weighted by atomic mass is 28.4. The lowest BCUT2D eigenvalue weighted by Gasteiger charge is -2.55. The molecule has 1 saturated heterocycles. The molecule has 0 N–H and O–H groups in total. The Morgan fingerprint density at radius 1 is 1.05 bits per heavy atom. The van der Waals surface area contributed by atoms with E-state index < -0.39 is 8.32 Å². The summed E-state index contributed by atoms with van der Waals surface area (Å²) in [7, 11) is -1.82. The van der Waals surface area contributed by atoms with Crippen molar-refractivity contribution < 1.29 is 9.16 Å². The van der Waals surface area contributed by atoms with Gasteiger partial charge in [0.2, 0.25) is 0 Å². The van der Waals surface area contributed by atoms with Crippen molar-refractivity contribution in [2.75, 3.05) is 6.61 Å². The molecule has 2 nitrogen and oxygen atoms in total. The average Bonchev–Trinajstić information content (AvgIpc) is 3.06. The van der Waals surface area contributed by atoms with Gasteiger partial charge >= 0.3 is 0 Å². The van der Waals surface area contributed by atoms with Crippen LogP contribution in [0.5, 0.6) is 0 Å². The minimum atomic E-state index is -1.82. The van der Waals surface area contributed by atoms with Crippen molar-refractivity contribution in [2.24, 2.45) is 11.3 Å². The quantitative estimate of drug-likeness (QED) is 0.503. The molecule has 1 heterocycles.